The van der Waals surface area contributed by atoms with Gasteiger partial charge in [-0.05, 0) is 81.0 Å². The average molecular weight is 707 g/mol. The van der Waals surface area contributed by atoms with Gasteiger partial charge in [0.05, 0.1) is 24.3 Å². The first-order valence-electron chi connectivity index (χ1n) is 14.7. The highest BCUT2D eigenvalue weighted by Gasteiger charge is 2.46. The van der Waals surface area contributed by atoms with Gasteiger partial charge in [-0.3, -0.25) is 0 Å². The van der Waals surface area contributed by atoms with Gasteiger partial charge in [0.15, 0.2) is 0 Å². The maximum Gasteiger partial charge on any atom is 0.341 e. The number of aromatic nitrogens is 4. The lowest BCUT2D eigenvalue weighted by Gasteiger charge is -2.16. The summed E-state index contributed by atoms with van der Waals surface area (Å²) in [4.78, 5) is 38.3. The highest BCUT2D eigenvalue weighted by molar-refractivity contribution is 6.30. The Balaban J connectivity index is 0.000000176. The molecule has 0 radical (unpaired) electrons. The third kappa shape index (κ3) is 9.87. The molecule has 2 N–H and O–H groups in total. The predicted molar refractivity (Wildman–Crippen MR) is 174 cm³/mol. The van der Waals surface area contributed by atoms with Gasteiger partial charge in [-0.2, -0.15) is 0 Å². The molecule has 0 amide bonds. The largest absolute Gasteiger partial charge is 0.462 e. The zero-order valence-corrected chi connectivity index (χ0v) is 27.9. The number of nitrogens with two attached hydrogens (primary N) is 1. The van der Waals surface area contributed by atoms with E-state index in [0.29, 0.717) is 57.8 Å². The molecule has 2 aliphatic carbocycles. The first-order valence-corrected chi connectivity index (χ1v) is 15.9. The summed E-state index contributed by atoms with van der Waals surface area (Å²) in [6.07, 6.45) is 9.60. The molecule has 2 saturated carbocycles. The van der Waals surface area contributed by atoms with Crippen LogP contribution in [0, 0.1) is 11.6 Å². The van der Waals surface area contributed by atoms with E-state index in [0.717, 1.165) is 25.7 Å². The van der Waals surface area contributed by atoms with Gasteiger partial charge in [-0.15, -0.1) is 0 Å². The van der Waals surface area contributed by atoms with Crippen LogP contribution in [-0.2, 0) is 26.8 Å². The van der Waals surface area contributed by atoms with Crippen LogP contribution >= 0.6 is 34.8 Å². The molecule has 0 saturated heterocycles. The van der Waals surface area contributed by atoms with Crippen molar-refractivity contribution in [2.24, 2.45) is 5.73 Å². The van der Waals surface area contributed by atoms with Crippen molar-refractivity contribution in [3.63, 3.8) is 0 Å². The van der Waals surface area contributed by atoms with Crippen molar-refractivity contribution in [1.29, 1.82) is 0 Å². The molecule has 2 fully saturated rings. The molecule has 2 aromatic heterocycles. The number of carbonyl (C=O) groups excluding carboxylic acids is 2. The van der Waals surface area contributed by atoms with Crippen LogP contribution in [0.25, 0.3) is 0 Å². The first-order chi connectivity index (χ1) is 22.4. The van der Waals surface area contributed by atoms with E-state index in [4.69, 9.17) is 50.0 Å². The minimum absolute atomic E-state index is 0.114. The zero-order valence-electron chi connectivity index (χ0n) is 25.6. The Morgan fingerprint density at radius 3 is 1.60 bits per heavy atom. The molecule has 0 atom stereocenters. The Morgan fingerprint density at radius 2 is 1.19 bits per heavy atom. The minimum atomic E-state index is -0.441. The number of rotatable bonds is 8. The second-order valence-electron chi connectivity index (χ2n) is 10.9. The van der Waals surface area contributed by atoms with Crippen molar-refractivity contribution in [2.75, 3.05) is 13.2 Å². The summed E-state index contributed by atoms with van der Waals surface area (Å²) in [5.74, 6) is -0.872. The Morgan fingerprint density at radius 1 is 0.745 bits per heavy atom. The minimum Gasteiger partial charge on any atom is -0.462 e. The van der Waals surface area contributed by atoms with Crippen LogP contribution < -0.4 is 5.73 Å². The molecule has 47 heavy (non-hydrogen) atoms. The molecule has 248 valence electrons. The maximum absolute atomic E-state index is 14.2. The van der Waals surface area contributed by atoms with Crippen LogP contribution in [0.5, 0.6) is 0 Å². The van der Waals surface area contributed by atoms with Gasteiger partial charge in [0.25, 0.3) is 0 Å². The molecule has 2 aromatic carbocycles. The Hall–Kier alpha value is -3.77. The van der Waals surface area contributed by atoms with Crippen LogP contribution in [0.2, 0.25) is 15.3 Å². The highest BCUT2D eigenvalue weighted by Crippen LogP contribution is 2.51. The fourth-order valence-corrected chi connectivity index (χ4v) is 5.02. The molecule has 2 aliphatic rings. The number of hydrogen-bond donors (Lipinski definition) is 1. The van der Waals surface area contributed by atoms with Gasteiger partial charge in [0, 0.05) is 57.8 Å². The Bertz CT molecular complexity index is 1700. The number of carbonyl (C=O) groups is 2. The van der Waals surface area contributed by atoms with Crippen molar-refractivity contribution in [2.45, 2.75) is 56.9 Å². The summed E-state index contributed by atoms with van der Waals surface area (Å²) < 4.78 is 37.0. The third-order valence-corrected chi connectivity index (χ3v) is 8.12. The molecular weight excluding hydrogens is 675 g/mol. The summed E-state index contributed by atoms with van der Waals surface area (Å²) in [6, 6.07) is 9.42. The van der Waals surface area contributed by atoms with Crippen molar-refractivity contribution in [1.82, 2.24) is 19.9 Å². The topological polar surface area (TPSA) is 130 Å². The fraction of sp³-hybridized carbons (Fsp3) is 0.333. The third-order valence-electron chi connectivity index (χ3n) is 7.46. The highest BCUT2D eigenvalue weighted by atomic mass is 35.5. The summed E-state index contributed by atoms with van der Waals surface area (Å²) >= 11 is 16.8. The molecule has 9 nitrogen and oxygen atoms in total. The van der Waals surface area contributed by atoms with Gasteiger partial charge in [0.2, 0.25) is 5.28 Å². The Kier molecular flexibility index (Phi) is 12.2. The van der Waals surface area contributed by atoms with Gasteiger partial charge in [0.1, 0.15) is 17.5 Å². The number of halogens is 5. The van der Waals surface area contributed by atoms with Gasteiger partial charge < -0.3 is 15.2 Å². The summed E-state index contributed by atoms with van der Waals surface area (Å²) in [5.41, 5.74) is 7.03. The molecule has 6 rings (SSSR count). The second kappa shape index (κ2) is 15.9. The van der Waals surface area contributed by atoms with Crippen LogP contribution in [0.15, 0.2) is 61.2 Å². The van der Waals surface area contributed by atoms with Crippen LogP contribution in [0.3, 0.4) is 0 Å². The van der Waals surface area contributed by atoms with Crippen molar-refractivity contribution >= 4 is 46.7 Å². The molecule has 14 heteroatoms. The lowest BCUT2D eigenvalue weighted by Crippen LogP contribution is -2.20. The maximum atomic E-state index is 14.2. The molecular formula is C33H32Cl3F2N5O4. The van der Waals surface area contributed by atoms with E-state index in [1.165, 1.54) is 36.9 Å². The molecule has 0 bridgehead atoms. The number of esters is 2. The van der Waals surface area contributed by atoms with E-state index >= 15 is 0 Å². The average Bonchev–Trinajstić information content (AvgIpc) is 3.97. The van der Waals surface area contributed by atoms with E-state index in [1.807, 2.05) is 0 Å². The molecule has 0 spiro atoms. The lowest BCUT2D eigenvalue weighted by atomic mass is 9.91. The number of ether oxygens (including phenoxy) is 2. The number of hydrogen-bond acceptors (Lipinski definition) is 9. The van der Waals surface area contributed by atoms with Crippen LogP contribution in [0.4, 0.5) is 8.78 Å². The van der Waals surface area contributed by atoms with Gasteiger partial charge in [-0.25, -0.2) is 38.3 Å². The molecule has 2 heterocycles. The second-order valence-corrected chi connectivity index (χ2v) is 12.1. The van der Waals surface area contributed by atoms with Crippen molar-refractivity contribution in [3.05, 3.63) is 116 Å². The standard InChI is InChI=1S/C17H16ClFN2O2.C9H9ClFN.C7H7ClN2O2/c1-2-23-16(22)11-9-20-15(21-10-11)8-17(5-6-17)13-4-3-12(18)7-14(13)19;10-6-1-2-7(8(11)5-6)9(12)3-4-9;1-2-12-6(11)5-3-9-7(8)10-4-5/h3-4,7,9-10H,2,5-6,8H2,1H3;1-2,5H,3-4,12H2;3-4H,2H2,1H3. The number of nitrogens with zero attached hydrogens (tertiary/aromatic N) is 4. The van der Waals surface area contributed by atoms with E-state index in [9.17, 15) is 18.4 Å². The smallest absolute Gasteiger partial charge is 0.341 e. The Labute approximate surface area is 285 Å². The normalized spacial score (nSPS) is 14.8. The van der Waals surface area contributed by atoms with E-state index < -0.39 is 17.5 Å². The van der Waals surface area contributed by atoms with Crippen LogP contribution in [-0.4, -0.2) is 45.1 Å². The summed E-state index contributed by atoms with van der Waals surface area (Å²) in [6.45, 7) is 4.11. The fourth-order valence-electron chi connectivity index (χ4n) is 4.61. The van der Waals surface area contributed by atoms with E-state index in [1.54, 1.807) is 38.1 Å². The predicted octanol–water partition coefficient (Wildman–Crippen LogP) is 7.45. The van der Waals surface area contributed by atoms with Crippen LogP contribution in [0.1, 0.15) is 77.2 Å². The van der Waals surface area contributed by atoms with E-state index in [-0.39, 0.29) is 22.3 Å². The molecule has 0 aliphatic heterocycles. The quantitative estimate of drug-likeness (QED) is 0.147. The SMILES string of the molecule is CCOC(=O)c1cnc(CC2(c3ccc(Cl)cc3F)CC2)nc1.CCOC(=O)c1cnc(Cl)nc1.NC1(c2ccc(Cl)cc2F)CC1. The van der Waals surface area contributed by atoms with Gasteiger partial charge in [-0.1, -0.05) is 35.3 Å². The monoisotopic (exact) mass is 705 g/mol. The van der Waals surface area contributed by atoms with Gasteiger partial charge >= 0.3 is 11.9 Å². The molecule has 4 aromatic rings. The molecule has 0 unspecified atom stereocenters. The summed E-state index contributed by atoms with van der Waals surface area (Å²) in [5, 5.41) is 0.917. The van der Waals surface area contributed by atoms with E-state index in [2.05, 4.69) is 19.9 Å². The number of benzene rings is 2. The zero-order chi connectivity index (χ0) is 34.2. The first kappa shape index (κ1) is 36.1. The van der Waals surface area contributed by atoms with Crippen molar-refractivity contribution in [3.8, 4) is 0 Å². The summed E-state index contributed by atoms with van der Waals surface area (Å²) in [7, 11) is 0. The lowest BCUT2D eigenvalue weighted by molar-refractivity contribution is 0.0515. The van der Waals surface area contributed by atoms with Crippen molar-refractivity contribution < 1.29 is 27.8 Å².